The largest absolute Gasteiger partial charge is 0.347 e. The Morgan fingerprint density at radius 3 is 2.90 bits per heavy atom. The third kappa shape index (κ3) is 4.96. The van der Waals surface area contributed by atoms with Crippen molar-refractivity contribution in [3.05, 3.63) is 23.3 Å². The number of rotatable bonds is 5. The average molecular weight is 439 g/mol. The van der Waals surface area contributed by atoms with E-state index in [1.807, 2.05) is 18.5 Å². The first kappa shape index (κ1) is 20.3. The van der Waals surface area contributed by atoms with E-state index in [1.54, 1.807) is 22.1 Å². The normalized spacial score (nSPS) is 22.5. The van der Waals surface area contributed by atoms with Crippen LogP contribution in [0.5, 0.6) is 0 Å². The second-order valence-corrected chi connectivity index (χ2v) is 10.8. The topological polar surface area (TPSA) is 100 Å². The van der Waals surface area contributed by atoms with Gasteiger partial charge in [0.2, 0.25) is 5.91 Å². The van der Waals surface area contributed by atoms with E-state index in [9.17, 15) is 13.2 Å². The molecule has 1 atom stereocenters. The van der Waals surface area contributed by atoms with Crippen LogP contribution in [0.4, 0.5) is 10.9 Å². The molecule has 4 heterocycles. The van der Waals surface area contributed by atoms with E-state index in [-0.39, 0.29) is 23.5 Å². The molecule has 2 saturated heterocycles. The summed E-state index contributed by atoms with van der Waals surface area (Å²) < 4.78 is 25.3. The minimum atomic E-state index is -3.02. The lowest BCUT2D eigenvalue weighted by Gasteiger charge is -2.21. The number of aryl methyl sites for hydroxylation is 1. The fraction of sp³-hybridized carbons (Fsp3) is 0.611. The lowest BCUT2D eigenvalue weighted by atomic mass is 10.3. The first-order valence-electron chi connectivity index (χ1n) is 9.83. The highest BCUT2D eigenvalue weighted by Crippen LogP contribution is 2.27. The highest BCUT2D eigenvalue weighted by atomic mass is 32.2. The second-order valence-electron chi connectivity index (χ2n) is 7.65. The summed E-state index contributed by atoms with van der Waals surface area (Å²) in [4.78, 5) is 21.5. The predicted molar refractivity (Wildman–Crippen MR) is 113 cm³/mol. The van der Waals surface area contributed by atoms with E-state index in [4.69, 9.17) is 0 Å². The van der Waals surface area contributed by atoms with Crippen molar-refractivity contribution in [1.29, 1.82) is 0 Å². The van der Waals surface area contributed by atoms with Gasteiger partial charge >= 0.3 is 0 Å². The Balaban J connectivity index is 1.35. The monoisotopic (exact) mass is 438 g/mol. The van der Waals surface area contributed by atoms with Gasteiger partial charge in [0.1, 0.15) is 5.82 Å². The third-order valence-corrected chi connectivity index (χ3v) is 7.91. The standard InChI is InChI=1S/C18H26N6O3S2/c1-14-11-16(24(21-14)15-3-10-29(26,27)13-15)20-17(25)12-22-5-2-6-23(8-7-22)18-19-4-9-28-18/h4,9,11,15H,2-3,5-8,10,12-13H2,1H3,(H,20,25). The number of thiazole rings is 1. The maximum absolute atomic E-state index is 12.7. The maximum atomic E-state index is 12.7. The molecule has 0 bridgehead atoms. The van der Waals surface area contributed by atoms with Gasteiger partial charge in [-0.05, 0) is 19.8 Å². The number of amides is 1. The van der Waals surface area contributed by atoms with E-state index in [0.717, 1.165) is 43.4 Å². The summed E-state index contributed by atoms with van der Waals surface area (Å²) in [6.07, 6.45) is 3.33. The molecular weight excluding hydrogens is 412 g/mol. The highest BCUT2D eigenvalue weighted by molar-refractivity contribution is 7.91. The highest BCUT2D eigenvalue weighted by Gasteiger charge is 2.31. The van der Waals surface area contributed by atoms with E-state index in [1.165, 1.54) is 0 Å². The smallest absolute Gasteiger partial charge is 0.239 e. The van der Waals surface area contributed by atoms with Crippen molar-refractivity contribution >= 4 is 38.0 Å². The Morgan fingerprint density at radius 1 is 1.31 bits per heavy atom. The number of sulfone groups is 1. The van der Waals surface area contributed by atoms with Gasteiger partial charge in [0, 0.05) is 43.8 Å². The molecule has 2 aliphatic heterocycles. The summed E-state index contributed by atoms with van der Waals surface area (Å²) in [5, 5.41) is 10.4. The van der Waals surface area contributed by atoms with Gasteiger partial charge in [0.25, 0.3) is 0 Å². The molecule has 2 aromatic heterocycles. The van der Waals surface area contributed by atoms with Gasteiger partial charge in [0.05, 0.1) is 29.8 Å². The Hall–Kier alpha value is -1.98. The van der Waals surface area contributed by atoms with E-state index in [2.05, 4.69) is 25.2 Å². The minimum absolute atomic E-state index is 0.0791. The van der Waals surface area contributed by atoms with Crippen LogP contribution in [0.2, 0.25) is 0 Å². The molecular formula is C18H26N6O3S2. The van der Waals surface area contributed by atoms with Crippen molar-refractivity contribution < 1.29 is 13.2 Å². The molecule has 1 unspecified atom stereocenters. The van der Waals surface area contributed by atoms with Crippen molar-refractivity contribution in [2.24, 2.45) is 0 Å². The molecule has 0 aliphatic carbocycles. The Bertz CT molecular complexity index is 956. The van der Waals surface area contributed by atoms with E-state index < -0.39 is 9.84 Å². The number of nitrogens with zero attached hydrogens (tertiary/aromatic N) is 5. The molecule has 0 saturated carbocycles. The van der Waals surface area contributed by atoms with E-state index >= 15 is 0 Å². The zero-order valence-corrected chi connectivity index (χ0v) is 18.1. The summed E-state index contributed by atoms with van der Waals surface area (Å²) in [6.45, 7) is 5.59. The molecule has 0 aromatic carbocycles. The van der Waals surface area contributed by atoms with Crippen LogP contribution in [-0.2, 0) is 14.6 Å². The summed E-state index contributed by atoms with van der Waals surface area (Å²) in [7, 11) is -3.02. The molecule has 2 aromatic rings. The zero-order valence-electron chi connectivity index (χ0n) is 16.5. The molecule has 2 aliphatic rings. The van der Waals surface area contributed by atoms with Crippen LogP contribution in [-0.4, -0.2) is 78.2 Å². The van der Waals surface area contributed by atoms with Crippen LogP contribution in [0.15, 0.2) is 17.6 Å². The molecule has 9 nitrogen and oxygen atoms in total. The fourth-order valence-electron chi connectivity index (χ4n) is 3.93. The Kier molecular flexibility index (Phi) is 5.88. The quantitative estimate of drug-likeness (QED) is 0.748. The van der Waals surface area contributed by atoms with Crippen LogP contribution < -0.4 is 10.2 Å². The maximum Gasteiger partial charge on any atom is 0.239 e. The van der Waals surface area contributed by atoms with Crippen LogP contribution in [0.25, 0.3) is 0 Å². The summed E-state index contributed by atoms with van der Waals surface area (Å²) in [6, 6.07) is 1.59. The lowest BCUT2D eigenvalue weighted by Crippen LogP contribution is -2.36. The molecule has 1 amide bonds. The van der Waals surface area contributed by atoms with Crippen molar-refractivity contribution in [3.8, 4) is 0 Å². The number of anilines is 2. The Labute approximate surface area is 174 Å². The van der Waals surface area contributed by atoms with E-state index in [0.29, 0.717) is 18.8 Å². The van der Waals surface area contributed by atoms with Crippen molar-refractivity contribution in [2.75, 3.05) is 54.4 Å². The van der Waals surface area contributed by atoms with Crippen LogP contribution >= 0.6 is 11.3 Å². The first-order valence-corrected chi connectivity index (χ1v) is 12.5. The summed E-state index contributed by atoms with van der Waals surface area (Å²) in [5.41, 5.74) is 0.762. The molecule has 158 valence electrons. The summed E-state index contributed by atoms with van der Waals surface area (Å²) >= 11 is 1.64. The molecule has 0 spiro atoms. The number of carbonyl (C=O) groups is 1. The third-order valence-electron chi connectivity index (χ3n) is 5.33. The van der Waals surface area contributed by atoms with Gasteiger partial charge in [-0.2, -0.15) is 5.10 Å². The van der Waals surface area contributed by atoms with Crippen LogP contribution in [0.3, 0.4) is 0 Å². The van der Waals surface area contributed by atoms with Gasteiger partial charge in [-0.25, -0.2) is 18.1 Å². The zero-order chi connectivity index (χ0) is 20.4. The van der Waals surface area contributed by atoms with Crippen LogP contribution in [0, 0.1) is 6.92 Å². The Morgan fingerprint density at radius 2 is 2.17 bits per heavy atom. The van der Waals surface area contributed by atoms with Crippen molar-refractivity contribution in [2.45, 2.75) is 25.8 Å². The lowest BCUT2D eigenvalue weighted by molar-refractivity contribution is -0.117. The van der Waals surface area contributed by atoms with Gasteiger partial charge < -0.3 is 10.2 Å². The van der Waals surface area contributed by atoms with Gasteiger partial charge in [0.15, 0.2) is 15.0 Å². The van der Waals surface area contributed by atoms with Gasteiger partial charge in [-0.15, -0.1) is 11.3 Å². The second kappa shape index (κ2) is 8.41. The SMILES string of the molecule is Cc1cc(NC(=O)CN2CCCN(c3nccs3)CC2)n(C2CCS(=O)(=O)C2)n1. The molecule has 29 heavy (non-hydrogen) atoms. The number of hydrogen-bond acceptors (Lipinski definition) is 8. The van der Waals surface area contributed by atoms with Gasteiger partial charge in [-0.3, -0.25) is 9.69 Å². The molecule has 1 N–H and O–H groups in total. The first-order chi connectivity index (χ1) is 13.9. The summed E-state index contributed by atoms with van der Waals surface area (Å²) in [5.74, 6) is 0.729. The molecule has 0 radical (unpaired) electrons. The van der Waals surface area contributed by atoms with Gasteiger partial charge in [-0.1, -0.05) is 0 Å². The fourth-order valence-corrected chi connectivity index (χ4v) is 6.32. The number of carbonyl (C=O) groups excluding carboxylic acids is 1. The van der Waals surface area contributed by atoms with Crippen molar-refractivity contribution in [1.82, 2.24) is 19.7 Å². The number of hydrogen-bond donors (Lipinski definition) is 1. The molecule has 11 heteroatoms. The number of aromatic nitrogens is 3. The minimum Gasteiger partial charge on any atom is -0.347 e. The number of nitrogens with one attached hydrogen (secondary N) is 1. The predicted octanol–water partition coefficient (Wildman–Crippen LogP) is 1.16. The molecule has 4 rings (SSSR count). The van der Waals surface area contributed by atoms with Crippen molar-refractivity contribution in [3.63, 3.8) is 0 Å². The van der Waals surface area contributed by atoms with Crippen LogP contribution in [0.1, 0.15) is 24.6 Å². The average Bonchev–Trinajstić information content (AvgIpc) is 3.34. The molecule has 2 fully saturated rings.